The van der Waals surface area contributed by atoms with Crippen LogP contribution in [0.25, 0.3) is 0 Å². The smallest absolute Gasteiger partial charge is 0.222 e. The van der Waals surface area contributed by atoms with Crippen LogP contribution in [0.5, 0.6) is 11.5 Å². The van der Waals surface area contributed by atoms with Gasteiger partial charge in [-0.3, -0.25) is 9.59 Å². The molecule has 7 nitrogen and oxygen atoms in total. The molecule has 1 fully saturated rings. The summed E-state index contributed by atoms with van der Waals surface area (Å²) in [6.45, 7) is 2.71. The van der Waals surface area contributed by atoms with Gasteiger partial charge in [-0.25, -0.2) is 0 Å². The van der Waals surface area contributed by atoms with Crippen molar-refractivity contribution in [3.63, 3.8) is 0 Å². The summed E-state index contributed by atoms with van der Waals surface area (Å²) >= 11 is 0. The van der Waals surface area contributed by atoms with Gasteiger partial charge in [-0.05, 0) is 82.8 Å². The lowest BCUT2D eigenvalue weighted by Gasteiger charge is -2.45. The molecule has 1 aliphatic carbocycles. The van der Waals surface area contributed by atoms with Gasteiger partial charge in [0.25, 0.3) is 0 Å². The zero-order valence-electron chi connectivity index (χ0n) is 24.0. The summed E-state index contributed by atoms with van der Waals surface area (Å²) < 4.78 is 10.6. The number of methoxy groups -OCH3 is 2. The second-order valence-electron chi connectivity index (χ2n) is 10.9. The van der Waals surface area contributed by atoms with Crippen molar-refractivity contribution in [3.8, 4) is 11.5 Å². The van der Waals surface area contributed by atoms with Crippen molar-refractivity contribution in [2.75, 3.05) is 41.9 Å². The average molecular weight is 524 g/mol. The van der Waals surface area contributed by atoms with Gasteiger partial charge in [-0.1, -0.05) is 35.9 Å². The van der Waals surface area contributed by atoms with Gasteiger partial charge in [0.05, 0.1) is 14.2 Å². The molecule has 1 N–H and O–H groups in total. The zero-order valence-corrected chi connectivity index (χ0v) is 24.0. The molecule has 38 heavy (non-hydrogen) atoms. The van der Waals surface area contributed by atoms with Crippen molar-refractivity contribution >= 4 is 11.8 Å². The predicted molar refractivity (Wildman–Crippen MR) is 152 cm³/mol. The van der Waals surface area contributed by atoms with E-state index in [1.807, 2.05) is 18.2 Å². The van der Waals surface area contributed by atoms with Crippen LogP contribution in [0.4, 0.5) is 0 Å². The lowest BCUT2D eigenvalue weighted by atomic mass is 9.74. The summed E-state index contributed by atoms with van der Waals surface area (Å²) in [5, 5.41) is 3.19. The third-order valence-corrected chi connectivity index (χ3v) is 8.02. The SMILES string of the molecule is COc1ccc(CCN(C)C(=O)CCC(=O)NC2CCC(Cc3cccc(C)c3)(N(C)C)CC2)cc1OC. The lowest BCUT2D eigenvalue weighted by Crippen LogP contribution is -2.52. The molecular formula is C31H45N3O4. The van der Waals surface area contributed by atoms with Gasteiger partial charge >= 0.3 is 0 Å². The summed E-state index contributed by atoms with van der Waals surface area (Å²) in [5.74, 6) is 1.31. The first kappa shape index (κ1) is 29.5. The van der Waals surface area contributed by atoms with Crippen molar-refractivity contribution in [3.05, 3.63) is 59.2 Å². The van der Waals surface area contributed by atoms with Crippen LogP contribution in [-0.4, -0.2) is 75.1 Å². The summed E-state index contributed by atoms with van der Waals surface area (Å²) in [6.07, 6.45) is 6.14. The number of hydrogen-bond acceptors (Lipinski definition) is 5. The second kappa shape index (κ2) is 13.7. The highest BCUT2D eigenvalue weighted by molar-refractivity contribution is 5.83. The van der Waals surface area contributed by atoms with Crippen molar-refractivity contribution < 1.29 is 19.1 Å². The lowest BCUT2D eigenvalue weighted by molar-refractivity contribution is -0.132. The van der Waals surface area contributed by atoms with Crippen LogP contribution in [-0.2, 0) is 22.4 Å². The maximum Gasteiger partial charge on any atom is 0.222 e. The van der Waals surface area contributed by atoms with Crippen LogP contribution < -0.4 is 14.8 Å². The fraction of sp³-hybridized carbons (Fsp3) is 0.548. The van der Waals surface area contributed by atoms with E-state index in [2.05, 4.69) is 55.5 Å². The molecule has 1 saturated carbocycles. The molecule has 0 atom stereocenters. The first-order chi connectivity index (χ1) is 18.2. The van der Waals surface area contributed by atoms with Crippen LogP contribution in [0, 0.1) is 6.92 Å². The Balaban J connectivity index is 1.42. The average Bonchev–Trinajstić information content (AvgIpc) is 2.91. The molecule has 0 bridgehead atoms. The Kier molecular flexibility index (Phi) is 10.6. The van der Waals surface area contributed by atoms with E-state index in [1.54, 1.807) is 26.2 Å². The minimum atomic E-state index is -0.0346. The Labute approximate surface area is 228 Å². The Morgan fingerprint density at radius 3 is 2.29 bits per heavy atom. The number of benzene rings is 2. The number of ether oxygens (including phenoxy) is 2. The van der Waals surface area contributed by atoms with Gasteiger partial charge < -0.3 is 24.6 Å². The summed E-state index contributed by atoms with van der Waals surface area (Å²) in [5.41, 5.74) is 3.84. The highest BCUT2D eigenvalue weighted by Gasteiger charge is 2.37. The first-order valence-corrected chi connectivity index (χ1v) is 13.6. The maximum atomic E-state index is 12.7. The minimum Gasteiger partial charge on any atom is -0.493 e. The molecule has 2 aromatic rings. The maximum absolute atomic E-state index is 12.7. The number of carbonyl (C=O) groups excluding carboxylic acids is 2. The van der Waals surface area contributed by atoms with E-state index in [0.29, 0.717) is 24.5 Å². The molecule has 3 rings (SSSR count). The molecule has 2 aromatic carbocycles. The number of nitrogens with zero attached hydrogens (tertiary/aromatic N) is 2. The van der Waals surface area contributed by atoms with E-state index < -0.39 is 0 Å². The Hall–Kier alpha value is -3.06. The molecule has 0 unspecified atom stereocenters. The Morgan fingerprint density at radius 1 is 0.947 bits per heavy atom. The van der Waals surface area contributed by atoms with E-state index in [9.17, 15) is 9.59 Å². The quantitative estimate of drug-likeness (QED) is 0.447. The normalized spacial score (nSPS) is 19.2. The van der Waals surface area contributed by atoms with Crippen LogP contribution in [0.3, 0.4) is 0 Å². The number of nitrogens with one attached hydrogen (secondary N) is 1. The van der Waals surface area contributed by atoms with Crippen LogP contribution in [0.1, 0.15) is 55.2 Å². The molecule has 0 spiro atoms. The molecule has 0 aliphatic heterocycles. The molecule has 2 amide bonds. The largest absolute Gasteiger partial charge is 0.493 e. The minimum absolute atomic E-state index is 0.0194. The standard InChI is InChI=1S/C31H45N3O4/c1-23-8-7-9-25(20-23)22-31(33(2)3)17-14-26(15-18-31)32-29(35)12-13-30(36)34(4)19-16-24-10-11-27(37-5)28(21-24)38-6/h7-11,20-21,26H,12-19,22H2,1-6H3,(H,32,35). The van der Waals surface area contributed by atoms with E-state index in [0.717, 1.165) is 37.7 Å². The van der Waals surface area contributed by atoms with Gasteiger partial charge in [-0.15, -0.1) is 0 Å². The number of aryl methyl sites for hydroxylation is 1. The summed E-state index contributed by atoms with van der Waals surface area (Å²) in [6, 6.07) is 14.7. The fourth-order valence-electron chi connectivity index (χ4n) is 5.45. The van der Waals surface area contributed by atoms with Crippen LogP contribution in [0.2, 0.25) is 0 Å². The molecule has 208 valence electrons. The van der Waals surface area contributed by atoms with E-state index in [-0.39, 0.29) is 36.2 Å². The monoisotopic (exact) mass is 523 g/mol. The molecule has 0 radical (unpaired) electrons. The number of carbonyl (C=O) groups is 2. The molecule has 0 saturated heterocycles. The van der Waals surface area contributed by atoms with Gasteiger partial charge in [0.1, 0.15) is 0 Å². The second-order valence-corrected chi connectivity index (χ2v) is 10.9. The van der Waals surface area contributed by atoms with E-state index >= 15 is 0 Å². The highest BCUT2D eigenvalue weighted by atomic mass is 16.5. The van der Waals surface area contributed by atoms with Gasteiger partial charge in [0.2, 0.25) is 11.8 Å². The molecule has 0 aromatic heterocycles. The third-order valence-electron chi connectivity index (χ3n) is 8.02. The summed E-state index contributed by atoms with van der Waals surface area (Å²) in [4.78, 5) is 29.4. The number of amides is 2. The molecular weight excluding hydrogens is 478 g/mol. The number of hydrogen-bond donors (Lipinski definition) is 1. The van der Waals surface area contributed by atoms with Gasteiger partial charge in [-0.2, -0.15) is 0 Å². The molecule has 7 heteroatoms. The van der Waals surface area contributed by atoms with Crippen molar-refractivity contribution in [1.82, 2.24) is 15.1 Å². The Morgan fingerprint density at radius 2 is 1.66 bits per heavy atom. The van der Waals surface area contributed by atoms with Gasteiger partial charge in [0.15, 0.2) is 11.5 Å². The van der Waals surface area contributed by atoms with Crippen molar-refractivity contribution in [2.24, 2.45) is 0 Å². The predicted octanol–water partition coefficient (Wildman–Crippen LogP) is 4.40. The van der Waals surface area contributed by atoms with Crippen molar-refractivity contribution in [1.29, 1.82) is 0 Å². The zero-order chi connectivity index (χ0) is 27.7. The van der Waals surface area contributed by atoms with Crippen LogP contribution >= 0.6 is 0 Å². The van der Waals surface area contributed by atoms with Crippen molar-refractivity contribution in [2.45, 2.75) is 69.9 Å². The van der Waals surface area contributed by atoms with E-state index in [4.69, 9.17) is 9.47 Å². The van der Waals surface area contributed by atoms with E-state index in [1.165, 1.54) is 11.1 Å². The summed E-state index contributed by atoms with van der Waals surface area (Å²) in [7, 11) is 9.35. The molecule has 0 heterocycles. The third kappa shape index (κ3) is 7.97. The Bertz CT molecular complexity index is 1080. The first-order valence-electron chi connectivity index (χ1n) is 13.6. The number of likely N-dealkylation sites (N-methyl/N-ethyl adjacent to an activating group) is 2. The van der Waals surface area contributed by atoms with Gasteiger partial charge in [0, 0.05) is 38.0 Å². The topological polar surface area (TPSA) is 71.1 Å². The number of rotatable bonds is 12. The highest BCUT2D eigenvalue weighted by Crippen LogP contribution is 2.35. The molecule has 1 aliphatic rings. The fourth-order valence-corrected chi connectivity index (χ4v) is 5.45. The van der Waals surface area contributed by atoms with Crippen LogP contribution in [0.15, 0.2) is 42.5 Å².